The molecular formula is C10H11BrF3N. The summed E-state index contributed by atoms with van der Waals surface area (Å²) < 4.78 is 36.3. The van der Waals surface area contributed by atoms with Gasteiger partial charge in [0.15, 0.2) is 0 Å². The molecule has 1 N–H and O–H groups in total. The summed E-state index contributed by atoms with van der Waals surface area (Å²) in [4.78, 5) is 0. The first-order chi connectivity index (χ1) is 6.97. The van der Waals surface area contributed by atoms with Crippen LogP contribution < -0.4 is 5.32 Å². The third-order valence-electron chi connectivity index (χ3n) is 1.80. The quantitative estimate of drug-likeness (QED) is 0.836. The van der Waals surface area contributed by atoms with E-state index in [1.165, 1.54) is 0 Å². The maximum Gasteiger partial charge on any atom is 0.401 e. The summed E-state index contributed by atoms with van der Waals surface area (Å²) in [5.41, 5.74) is 1.01. The topological polar surface area (TPSA) is 12.0 Å². The zero-order chi connectivity index (χ0) is 11.3. The molecule has 0 aliphatic heterocycles. The normalized spacial score (nSPS) is 11.7. The number of rotatable bonds is 4. The standard InChI is InChI=1S/C10H11BrF3N/c11-9-3-1-2-8(6-9)4-5-15-7-10(12,13)14/h1-3,6,15H,4-5,7H2. The molecule has 0 heterocycles. The lowest BCUT2D eigenvalue weighted by molar-refractivity contribution is -0.124. The van der Waals surface area contributed by atoms with Gasteiger partial charge in [0.2, 0.25) is 0 Å². The highest BCUT2D eigenvalue weighted by molar-refractivity contribution is 9.10. The van der Waals surface area contributed by atoms with Gasteiger partial charge in [-0.3, -0.25) is 0 Å². The first-order valence-electron chi connectivity index (χ1n) is 4.49. The SMILES string of the molecule is FC(F)(F)CNCCc1cccc(Br)c1. The summed E-state index contributed by atoms with van der Waals surface area (Å²) in [5, 5.41) is 2.35. The van der Waals surface area contributed by atoms with Gasteiger partial charge in [-0.2, -0.15) is 13.2 Å². The molecule has 0 unspecified atom stereocenters. The molecule has 0 bridgehead atoms. The van der Waals surface area contributed by atoms with E-state index in [4.69, 9.17) is 0 Å². The van der Waals surface area contributed by atoms with E-state index in [1.807, 2.05) is 24.3 Å². The molecule has 0 saturated heterocycles. The van der Waals surface area contributed by atoms with E-state index in [9.17, 15) is 13.2 Å². The average molecular weight is 282 g/mol. The van der Waals surface area contributed by atoms with Crippen molar-refractivity contribution in [2.45, 2.75) is 12.6 Å². The fraction of sp³-hybridized carbons (Fsp3) is 0.400. The van der Waals surface area contributed by atoms with Crippen LogP contribution >= 0.6 is 15.9 Å². The van der Waals surface area contributed by atoms with E-state index < -0.39 is 12.7 Å². The summed E-state index contributed by atoms with van der Waals surface area (Å²) in [7, 11) is 0. The van der Waals surface area contributed by atoms with Crippen LogP contribution in [0.5, 0.6) is 0 Å². The Labute approximate surface area is 94.8 Å². The number of benzene rings is 1. The number of alkyl halides is 3. The molecule has 0 aliphatic rings. The van der Waals surface area contributed by atoms with Gasteiger partial charge in [-0.1, -0.05) is 28.1 Å². The van der Waals surface area contributed by atoms with Gasteiger partial charge >= 0.3 is 6.18 Å². The average Bonchev–Trinajstić information content (AvgIpc) is 2.11. The Morgan fingerprint density at radius 1 is 1.27 bits per heavy atom. The molecule has 0 spiro atoms. The molecule has 1 nitrogen and oxygen atoms in total. The monoisotopic (exact) mass is 281 g/mol. The smallest absolute Gasteiger partial charge is 0.308 e. The second kappa shape index (κ2) is 5.51. The molecule has 84 valence electrons. The number of halogens is 4. The Balaban J connectivity index is 2.26. The molecule has 1 aromatic rings. The fourth-order valence-electron chi connectivity index (χ4n) is 1.16. The molecule has 1 rings (SSSR count). The van der Waals surface area contributed by atoms with Crippen molar-refractivity contribution in [3.8, 4) is 0 Å². The Hall–Kier alpha value is -0.550. The minimum Gasteiger partial charge on any atom is -0.308 e. The maximum absolute atomic E-state index is 11.8. The van der Waals surface area contributed by atoms with Crippen LogP contribution in [0.15, 0.2) is 28.7 Å². The summed E-state index contributed by atoms with van der Waals surface area (Å²) in [6, 6.07) is 7.53. The molecule has 0 atom stereocenters. The van der Waals surface area contributed by atoms with Crippen molar-refractivity contribution in [2.75, 3.05) is 13.1 Å². The molecule has 0 radical (unpaired) electrons. The highest BCUT2D eigenvalue weighted by Gasteiger charge is 2.25. The lowest BCUT2D eigenvalue weighted by Gasteiger charge is -2.08. The van der Waals surface area contributed by atoms with Crippen LogP contribution in [0.2, 0.25) is 0 Å². The van der Waals surface area contributed by atoms with Crippen molar-refractivity contribution in [1.29, 1.82) is 0 Å². The third-order valence-corrected chi connectivity index (χ3v) is 2.30. The van der Waals surface area contributed by atoms with Crippen LogP contribution in [0.4, 0.5) is 13.2 Å². The van der Waals surface area contributed by atoms with E-state index >= 15 is 0 Å². The van der Waals surface area contributed by atoms with Gasteiger partial charge in [-0.25, -0.2) is 0 Å². The summed E-state index contributed by atoms with van der Waals surface area (Å²) in [6.07, 6.45) is -3.53. The number of hydrogen-bond acceptors (Lipinski definition) is 1. The predicted molar refractivity (Wildman–Crippen MR) is 56.8 cm³/mol. The van der Waals surface area contributed by atoms with E-state index in [-0.39, 0.29) is 0 Å². The number of hydrogen-bond donors (Lipinski definition) is 1. The van der Waals surface area contributed by atoms with Gasteiger partial charge in [0.1, 0.15) is 0 Å². The minimum atomic E-state index is -4.13. The Morgan fingerprint density at radius 2 is 2.00 bits per heavy atom. The highest BCUT2D eigenvalue weighted by atomic mass is 79.9. The molecule has 0 amide bonds. The van der Waals surface area contributed by atoms with Crippen molar-refractivity contribution in [3.05, 3.63) is 34.3 Å². The van der Waals surface area contributed by atoms with Crippen LogP contribution in [0.1, 0.15) is 5.56 Å². The molecule has 1 aromatic carbocycles. The first kappa shape index (κ1) is 12.5. The lowest BCUT2D eigenvalue weighted by atomic mass is 10.1. The van der Waals surface area contributed by atoms with Crippen molar-refractivity contribution < 1.29 is 13.2 Å². The zero-order valence-corrected chi connectivity index (χ0v) is 9.53. The van der Waals surface area contributed by atoms with Gasteiger partial charge in [0.25, 0.3) is 0 Å². The van der Waals surface area contributed by atoms with Crippen LogP contribution in [0.3, 0.4) is 0 Å². The highest BCUT2D eigenvalue weighted by Crippen LogP contribution is 2.13. The van der Waals surface area contributed by atoms with Gasteiger partial charge < -0.3 is 5.32 Å². The fourth-order valence-corrected chi connectivity index (χ4v) is 1.60. The van der Waals surface area contributed by atoms with Gasteiger partial charge in [0.05, 0.1) is 6.54 Å². The molecule has 15 heavy (non-hydrogen) atoms. The van der Waals surface area contributed by atoms with Crippen LogP contribution in [0, 0.1) is 0 Å². The summed E-state index contributed by atoms with van der Waals surface area (Å²) in [5.74, 6) is 0. The van der Waals surface area contributed by atoms with E-state index in [0.29, 0.717) is 13.0 Å². The molecule has 0 aromatic heterocycles. The van der Waals surface area contributed by atoms with E-state index in [0.717, 1.165) is 10.0 Å². The van der Waals surface area contributed by atoms with Gasteiger partial charge in [-0.05, 0) is 30.7 Å². The minimum absolute atomic E-state index is 0.329. The second-order valence-corrected chi connectivity index (χ2v) is 4.09. The molecule has 0 saturated carbocycles. The van der Waals surface area contributed by atoms with Crippen LogP contribution in [-0.2, 0) is 6.42 Å². The molecule has 5 heteroatoms. The van der Waals surface area contributed by atoms with E-state index in [2.05, 4.69) is 21.2 Å². The third kappa shape index (κ3) is 5.79. The molecule has 0 fully saturated rings. The van der Waals surface area contributed by atoms with Gasteiger partial charge in [0, 0.05) is 4.47 Å². The molecule has 0 aliphatic carbocycles. The van der Waals surface area contributed by atoms with Crippen molar-refractivity contribution in [3.63, 3.8) is 0 Å². The zero-order valence-electron chi connectivity index (χ0n) is 7.94. The first-order valence-corrected chi connectivity index (χ1v) is 5.28. The Bertz CT molecular complexity index is 312. The maximum atomic E-state index is 11.8. The lowest BCUT2D eigenvalue weighted by Crippen LogP contribution is -2.30. The number of nitrogens with one attached hydrogen (secondary N) is 1. The Morgan fingerprint density at radius 3 is 2.60 bits per heavy atom. The van der Waals surface area contributed by atoms with E-state index in [1.54, 1.807) is 0 Å². The van der Waals surface area contributed by atoms with Crippen LogP contribution in [0.25, 0.3) is 0 Å². The van der Waals surface area contributed by atoms with Crippen molar-refractivity contribution >= 4 is 15.9 Å². The largest absolute Gasteiger partial charge is 0.401 e. The second-order valence-electron chi connectivity index (χ2n) is 3.17. The summed E-state index contributed by atoms with van der Waals surface area (Å²) in [6.45, 7) is -0.600. The van der Waals surface area contributed by atoms with Gasteiger partial charge in [-0.15, -0.1) is 0 Å². The summed E-state index contributed by atoms with van der Waals surface area (Å²) >= 11 is 3.30. The van der Waals surface area contributed by atoms with Crippen LogP contribution in [-0.4, -0.2) is 19.3 Å². The van der Waals surface area contributed by atoms with Crippen molar-refractivity contribution in [2.24, 2.45) is 0 Å². The Kier molecular flexibility index (Phi) is 4.60. The van der Waals surface area contributed by atoms with Crippen molar-refractivity contribution in [1.82, 2.24) is 5.32 Å². The molecular weight excluding hydrogens is 271 g/mol. The predicted octanol–water partition coefficient (Wildman–Crippen LogP) is 3.14.